The Balaban J connectivity index is 2.20. The first-order valence-corrected chi connectivity index (χ1v) is 4.99. The van der Waals surface area contributed by atoms with Crippen LogP contribution in [0, 0.1) is 0 Å². The lowest BCUT2D eigenvalue weighted by Gasteiger charge is -2.05. The Hall–Kier alpha value is -2.37. The first kappa shape index (κ1) is 11.1. The molecule has 88 valence electrons. The van der Waals surface area contributed by atoms with E-state index in [1.165, 1.54) is 18.3 Å². The summed E-state index contributed by atoms with van der Waals surface area (Å²) in [5.74, 6) is -0.963. The third-order valence-electron chi connectivity index (χ3n) is 2.35. The van der Waals surface area contributed by atoms with Gasteiger partial charge in [0.25, 0.3) is 0 Å². The quantitative estimate of drug-likeness (QED) is 0.578. The average Bonchev–Trinajstić information content (AvgIpc) is 2.58. The van der Waals surface area contributed by atoms with E-state index in [0.29, 0.717) is 5.56 Å². The van der Waals surface area contributed by atoms with Crippen LogP contribution in [0.1, 0.15) is 18.4 Å². The molecule has 6 nitrogen and oxygen atoms in total. The molecule has 0 spiro atoms. The number of carbonyl (C=O) groups excluding carboxylic acids is 2. The topological polar surface area (TPSA) is 90.2 Å². The lowest BCUT2D eigenvalue weighted by molar-refractivity contribution is -0.138. The maximum absolute atomic E-state index is 11.2. The predicted octanol–water partition coefficient (Wildman–Crippen LogP) is 0.581. The Morgan fingerprint density at radius 3 is 2.41 bits per heavy atom. The van der Waals surface area contributed by atoms with Gasteiger partial charge in [-0.1, -0.05) is 0 Å². The standard InChI is InChI=1S/C11H10N2O4/c14-8-2-1-7(9(15)5-8)6-12-13-10(16)3-4-11(13)17/h1-2,5-6,14-15H,3-4H2/b12-6+. The Labute approximate surface area is 96.8 Å². The van der Waals surface area contributed by atoms with Crippen LogP contribution in [0.5, 0.6) is 11.5 Å². The van der Waals surface area contributed by atoms with Gasteiger partial charge in [0.15, 0.2) is 0 Å². The van der Waals surface area contributed by atoms with Crippen molar-refractivity contribution < 1.29 is 19.8 Å². The van der Waals surface area contributed by atoms with Gasteiger partial charge < -0.3 is 10.2 Å². The zero-order valence-corrected chi connectivity index (χ0v) is 8.83. The molecule has 17 heavy (non-hydrogen) atoms. The van der Waals surface area contributed by atoms with E-state index in [4.69, 9.17) is 5.11 Å². The highest BCUT2D eigenvalue weighted by atomic mass is 16.3. The normalized spacial score (nSPS) is 16.1. The molecule has 1 saturated heterocycles. The van der Waals surface area contributed by atoms with Gasteiger partial charge in [-0.05, 0) is 12.1 Å². The highest BCUT2D eigenvalue weighted by molar-refractivity contribution is 6.02. The summed E-state index contributed by atoms with van der Waals surface area (Å²) >= 11 is 0. The number of rotatable bonds is 2. The van der Waals surface area contributed by atoms with Gasteiger partial charge in [-0.25, -0.2) is 0 Å². The molecule has 1 aliphatic heterocycles. The van der Waals surface area contributed by atoms with E-state index >= 15 is 0 Å². The average molecular weight is 234 g/mol. The summed E-state index contributed by atoms with van der Waals surface area (Å²) in [5.41, 5.74) is 0.315. The molecule has 0 atom stereocenters. The number of phenols is 2. The van der Waals surface area contributed by atoms with Gasteiger partial charge in [0.1, 0.15) is 11.5 Å². The number of carbonyl (C=O) groups is 2. The molecule has 1 aromatic rings. The fraction of sp³-hybridized carbons (Fsp3) is 0.182. The van der Waals surface area contributed by atoms with Crippen LogP contribution < -0.4 is 0 Å². The molecule has 0 radical (unpaired) electrons. The Bertz CT molecular complexity index is 494. The predicted molar refractivity (Wildman–Crippen MR) is 58.5 cm³/mol. The van der Waals surface area contributed by atoms with Crippen LogP contribution in [-0.2, 0) is 9.59 Å². The van der Waals surface area contributed by atoms with E-state index in [9.17, 15) is 14.7 Å². The molecule has 2 amide bonds. The molecule has 0 bridgehead atoms. The van der Waals surface area contributed by atoms with Crippen molar-refractivity contribution >= 4 is 18.0 Å². The van der Waals surface area contributed by atoms with E-state index in [1.54, 1.807) is 0 Å². The third kappa shape index (κ3) is 2.25. The Morgan fingerprint density at radius 1 is 1.18 bits per heavy atom. The second-order valence-corrected chi connectivity index (χ2v) is 3.59. The summed E-state index contributed by atoms with van der Waals surface area (Å²) in [6, 6.07) is 3.95. The van der Waals surface area contributed by atoms with Gasteiger partial charge in [0, 0.05) is 24.5 Å². The third-order valence-corrected chi connectivity index (χ3v) is 2.35. The number of hydrazone groups is 1. The molecule has 6 heteroatoms. The largest absolute Gasteiger partial charge is 0.508 e. The van der Waals surface area contributed by atoms with Crippen molar-refractivity contribution in [1.29, 1.82) is 0 Å². The van der Waals surface area contributed by atoms with Crippen molar-refractivity contribution in [3.8, 4) is 11.5 Å². The molecular weight excluding hydrogens is 224 g/mol. The van der Waals surface area contributed by atoms with Crippen molar-refractivity contribution in [2.24, 2.45) is 5.10 Å². The fourth-order valence-corrected chi connectivity index (χ4v) is 1.45. The van der Waals surface area contributed by atoms with Gasteiger partial charge in [0.05, 0.1) is 6.21 Å². The van der Waals surface area contributed by atoms with Crippen LogP contribution in [0.4, 0.5) is 0 Å². The number of phenolic OH excluding ortho intramolecular Hbond substituents is 2. The lowest BCUT2D eigenvalue weighted by Crippen LogP contribution is -2.23. The van der Waals surface area contributed by atoms with Gasteiger partial charge in [-0.3, -0.25) is 9.59 Å². The van der Waals surface area contributed by atoms with Crippen molar-refractivity contribution in [3.05, 3.63) is 23.8 Å². The van der Waals surface area contributed by atoms with E-state index in [1.807, 2.05) is 0 Å². The molecule has 1 aromatic carbocycles. The monoisotopic (exact) mass is 234 g/mol. The van der Waals surface area contributed by atoms with Crippen LogP contribution >= 0.6 is 0 Å². The van der Waals surface area contributed by atoms with Crippen LogP contribution in [0.25, 0.3) is 0 Å². The molecule has 1 heterocycles. The van der Waals surface area contributed by atoms with Crippen LogP contribution in [0.2, 0.25) is 0 Å². The molecular formula is C11H10N2O4. The Morgan fingerprint density at radius 2 is 1.82 bits per heavy atom. The zero-order valence-electron chi connectivity index (χ0n) is 8.83. The Kier molecular flexibility index (Phi) is 2.78. The zero-order chi connectivity index (χ0) is 12.4. The number of nitrogens with zero attached hydrogens (tertiary/aromatic N) is 2. The van der Waals surface area contributed by atoms with Gasteiger partial charge >= 0.3 is 0 Å². The molecule has 0 saturated carbocycles. The maximum Gasteiger partial charge on any atom is 0.250 e. The molecule has 0 aliphatic carbocycles. The minimum absolute atomic E-state index is 0.0759. The molecule has 0 aromatic heterocycles. The second kappa shape index (κ2) is 4.25. The van der Waals surface area contributed by atoms with Gasteiger partial charge in [-0.15, -0.1) is 0 Å². The number of imide groups is 1. The van der Waals surface area contributed by atoms with E-state index in [-0.39, 0.29) is 36.2 Å². The van der Waals surface area contributed by atoms with E-state index in [2.05, 4.69) is 5.10 Å². The number of benzene rings is 1. The van der Waals surface area contributed by atoms with Crippen molar-refractivity contribution in [3.63, 3.8) is 0 Å². The summed E-state index contributed by atoms with van der Waals surface area (Å²) in [5, 5.41) is 23.0. The highest BCUT2D eigenvalue weighted by Gasteiger charge is 2.28. The molecule has 2 rings (SSSR count). The lowest BCUT2D eigenvalue weighted by atomic mass is 10.2. The minimum atomic E-state index is -0.357. The van der Waals surface area contributed by atoms with E-state index < -0.39 is 0 Å². The highest BCUT2D eigenvalue weighted by Crippen LogP contribution is 2.21. The van der Waals surface area contributed by atoms with Crippen molar-refractivity contribution in [2.45, 2.75) is 12.8 Å². The van der Waals surface area contributed by atoms with Gasteiger partial charge in [-0.2, -0.15) is 10.1 Å². The fourth-order valence-electron chi connectivity index (χ4n) is 1.45. The maximum atomic E-state index is 11.2. The van der Waals surface area contributed by atoms with Gasteiger partial charge in [0.2, 0.25) is 11.8 Å². The summed E-state index contributed by atoms with van der Waals surface area (Å²) in [4.78, 5) is 22.5. The first-order valence-electron chi connectivity index (χ1n) is 4.99. The number of hydrogen-bond acceptors (Lipinski definition) is 5. The van der Waals surface area contributed by atoms with Crippen LogP contribution in [-0.4, -0.2) is 33.3 Å². The van der Waals surface area contributed by atoms with E-state index in [0.717, 1.165) is 11.1 Å². The molecule has 2 N–H and O–H groups in total. The summed E-state index contributed by atoms with van der Waals surface area (Å²) in [6.45, 7) is 0. The minimum Gasteiger partial charge on any atom is -0.508 e. The summed E-state index contributed by atoms with van der Waals surface area (Å²) in [6.07, 6.45) is 1.53. The first-order chi connectivity index (χ1) is 8.08. The second-order valence-electron chi connectivity index (χ2n) is 3.59. The number of aromatic hydroxyl groups is 2. The number of hydrogen-bond donors (Lipinski definition) is 2. The molecule has 0 unspecified atom stereocenters. The number of amides is 2. The summed E-state index contributed by atoms with van der Waals surface area (Å²) < 4.78 is 0. The smallest absolute Gasteiger partial charge is 0.250 e. The van der Waals surface area contributed by atoms with Crippen LogP contribution in [0.3, 0.4) is 0 Å². The van der Waals surface area contributed by atoms with Crippen molar-refractivity contribution in [1.82, 2.24) is 5.01 Å². The summed E-state index contributed by atoms with van der Waals surface area (Å²) in [7, 11) is 0. The molecule has 1 aliphatic rings. The SMILES string of the molecule is O=C1CCC(=O)N1/N=C/c1ccc(O)cc1O. The molecule has 1 fully saturated rings. The van der Waals surface area contributed by atoms with Crippen molar-refractivity contribution in [2.75, 3.05) is 0 Å². The van der Waals surface area contributed by atoms with Crippen LogP contribution in [0.15, 0.2) is 23.3 Å².